The molecule has 0 radical (unpaired) electrons. The first-order valence-electron chi connectivity index (χ1n) is 4.21. The van der Waals surface area contributed by atoms with Crippen LogP contribution in [0.5, 0.6) is 0 Å². The second kappa shape index (κ2) is 3.74. The molecule has 2 aromatic heterocycles. The van der Waals surface area contributed by atoms with Crippen LogP contribution in [0.2, 0.25) is 5.02 Å². The summed E-state index contributed by atoms with van der Waals surface area (Å²) in [6, 6.07) is 6.78. The first kappa shape index (κ1) is 9.73. The zero-order valence-electron chi connectivity index (χ0n) is 7.59. The fraction of sp³-hybridized carbons (Fsp3) is 0. The van der Waals surface area contributed by atoms with Crippen molar-refractivity contribution in [1.29, 1.82) is 0 Å². The first-order chi connectivity index (χ1) is 7.20. The molecule has 2 heterocycles. The van der Waals surface area contributed by atoms with Gasteiger partial charge in [-0.3, -0.25) is 4.57 Å². The Kier molecular flexibility index (Phi) is 2.43. The number of aromatic carboxylic acids is 1. The van der Waals surface area contributed by atoms with E-state index >= 15 is 0 Å². The van der Waals surface area contributed by atoms with Gasteiger partial charge in [0.1, 0.15) is 5.82 Å². The van der Waals surface area contributed by atoms with E-state index in [1.807, 2.05) is 0 Å². The molecule has 0 unspecified atom stereocenters. The van der Waals surface area contributed by atoms with Crippen molar-refractivity contribution in [3.63, 3.8) is 0 Å². The molecule has 0 aromatic carbocycles. The van der Waals surface area contributed by atoms with Crippen molar-refractivity contribution in [2.24, 2.45) is 0 Å². The van der Waals surface area contributed by atoms with E-state index in [-0.39, 0.29) is 10.7 Å². The molecular formula is C10H7ClN2O2. The number of carboxylic acid groups (broad SMARTS) is 1. The molecule has 0 aliphatic heterocycles. The lowest BCUT2D eigenvalue weighted by Crippen LogP contribution is -2.07. The maximum atomic E-state index is 10.9. The summed E-state index contributed by atoms with van der Waals surface area (Å²) in [5, 5.41) is 9.17. The lowest BCUT2D eigenvalue weighted by Gasteiger charge is -2.04. The summed E-state index contributed by atoms with van der Waals surface area (Å²) < 4.78 is 1.44. The van der Waals surface area contributed by atoms with E-state index in [0.717, 1.165) is 0 Å². The molecule has 0 atom stereocenters. The lowest BCUT2D eigenvalue weighted by molar-refractivity contribution is 0.0688. The smallest absolute Gasteiger partial charge is 0.354 e. The van der Waals surface area contributed by atoms with Gasteiger partial charge >= 0.3 is 5.97 Å². The van der Waals surface area contributed by atoms with E-state index in [1.54, 1.807) is 30.6 Å². The Bertz CT molecular complexity index is 493. The van der Waals surface area contributed by atoms with Crippen LogP contribution in [-0.2, 0) is 0 Å². The molecule has 5 heteroatoms. The third-order valence-corrected chi connectivity index (χ3v) is 2.24. The number of hydrogen-bond donors (Lipinski definition) is 1. The third kappa shape index (κ3) is 1.71. The van der Waals surface area contributed by atoms with Crippen molar-refractivity contribution in [1.82, 2.24) is 9.55 Å². The van der Waals surface area contributed by atoms with Gasteiger partial charge in [-0.2, -0.15) is 0 Å². The Morgan fingerprint density at radius 2 is 2.20 bits per heavy atom. The largest absolute Gasteiger partial charge is 0.477 e. The molecule has 76 valence electrons. The molecular weight excluding hydrogens is 216 g/mol. The van der Waals surface area contributed by atoms with Crippen LogP contribution in [0.1, 0.15) is 10.5 Å². The zero-order valence-corrected chi connectivity index (χ0v) is 8.35. The highest BCUT2D eigenvalue weighted by Crippen LogP contribution is 2.20. The van der Waals surface area contributed by atoms with E-state index in [4.69, 9.17) is 16.7 Å². The second-order valence-electron chi connectivity index (χ2n) is 2.88. The molecule has 0 aliphatic rings. The van der Waals surface area contributed by atoms with E-state index < -0.39 is 5.97 Å². The highest BCUT2D eigenvalue weighted by molar-refractivity contribution is 6.33. The number of halogens is 1. The van der Waals surface area contributed by atoms with Gasteiger partial charge in [-0.1, -0.05) is 17.7 Å². The number of aromatic nitrogens is 2. The standard InChI is InChI=1S/C10H7ClN2O2/c11-7-4-6-13(9(7)10(14)15)8-3-1-2-5-12-8/h1-6H,(H,14,15). The molecule has 0 bridgehead atoms. The Morgan fingerprint density at radius 1 is 1.40 bits per heavy atom. The molecule has 0 amide bonds. The SMILES string of the molecule is O=C(O)c1c(Cl)ccn1-c1ccccn1. The number of rotatable bonds is 2. The summed E-state index contributed by atoms with van der Waals surface area (Å²) in [5.74, 6) is -0.544. The number of hydrogen-bond acceptors (Lipinski definition) is 2. The van der Waals surface area contributed by atoms with Crippen molar-refractivity contribution in [2.75, 3.05) is 0 Å². The van der Waals surface area contributed by atoms with Crippen LogP contribution in [0.15, 0.2) is 36.7 Å². The fourth-order valence-corrected chi connectivity index (χ4v) is 1.53. The van der Waals surface area contributed by atoms with Gasteiger partial charge in [0.15, 0.2) is 5.69 Å². The minimum atomic E-state index is -1.07. The lowest BCUT2D eigenvalue weighted by atomic mass is 10.4. The normalized spacial score (nSPS) is 10.2. The van der Waals surface area contributed by atoms with Crippen LogP contribution in [0, 0.1) is 0 Å². The third-order valence-electron chi connectivity index (χ3n) is 1.94. The molecule has 0 fully saturated rings. The molecule has 15 heavy (non-hydrogen) atoms. The van der Waals surface area contributed by atoms with Crippen LogP contribution in [0.25, 0.3) is 5.82 Å². The molecule has 4 nitrogen and oxygen atoms in total. The Hall–Kier alpha value is -1.81. The molecule has 0 saturated heterocycles. The topological polar surface area (TPSA) is 55.1 Å². The number of carboxylic acids is 1. The number of pyridine rings is 1. The minimum Gasteiger partial charge on any atom is -0.477 e. The minimum absolute atomic E-state index is 0.0235. The Morgan fingerprint density at radius 3 is 2.80 bits per heavy atom. The maximum absolute atomic E-state index is 10.9. The predicted molar refractivity (Wildman–Crippen MR) is 55.5 cm³/mol. The van der Waals surface area contributed by atoms with E-state index in [0.29, 0.717) is 5.82 Å². The number of nitrogens with zero attached hydrogens (tertiary/aromatic N) is 2. The summed E-state index contributed by atoms with van der Waals surface area (Å²) in [6.45, 7) is 0. The fourth-order valence-electron chi connectivity index (χ4n) is 1.30. The van der Waals surface area contributed by atoms with Gasteiger partial charge in [-0.15, -0.1) is 0 Å². The summed E-state index contributed by atoms with van der Waals surface area (Å²) >= 11 is 5.76. The summed E-state index contributed by atoms with van der Waals surface area (Å²) in [4.78, 5) is 15.0. The molecule has 2 aromatic rings. The molecule has 1 N–H and O–H groups in total. The van der Waals surface area contributed by atoms with Gasteiger partial charge < -0.3 is 5.11 Å². The Labute approximate surface area is 90.8 Å². The summed E-state index contributed by atoms with van der Waals surface area (Å²) in [6.07, 6.45) is 3.17. The van der Waals surface area contributed by atoms with Crippen LogP contribution in [-0.4, -0.2) is 20.6 Å². The summed E-state index contributed by atoms with van der Waals surface area (Å²) in [5.41, 5.74) is 0.0235. The van der Waals surface area contributed by atoms with Gasteiger partial charge in [0.05, 0.1) is 5.02 Å². The quantitative estimate of drug-likeness (QED) is 0.848. The first-order valence-corrected chi connectivity index (χ1v) is 4.59. The van der Waals surface area contributed by atoms with Crippen LogP contribution >= 0.6 is 11.6 Å². The van der Waals surface area contributed by atoms with Gasteiger partial charge in [-0.25, -0.2) is 9.78 Å². The van der Waals surface area contributed by atoms with Gasteiger partial charge in [-0.05, 0) is 18.2 Å². The van der Waals surface area contributed by atoms with Crippen molar-refractivity contribution in [3.8, 4) is 5.82 Å². The van der Waals surface area contributed by atoms with Crippen molar-refractivity contribution in [3.05, 3.63) is 47.4 Å². The van der Waals surface area contributed by atoms with E-state index in [1.165, 1.54) is 10.6 Å². The van der Waals surface area contributed by atoms with Crippen LogP contribution in [0.4, 0.5) is 0 Å². The molecule has 0 saturated carbocycles. The van der Waals surface area contributed by atoms with Crippen molar-refractivity contribution >= 4 is 17.6 Å². The maximum Gasteiger partial charge on any atom is 0.354 e. The summed E-state index contributed by atoms with van der Waals surface area (Å²) in [7, 11) is 0. The number of carbonyl (C=O) groups is 1. The second-order valence-corrected chi connectivity index (χ2v) is 3.28. The average molecular weight is 223 g/mol. The average Bonchev–Trinajstić information content (AvgIpc) is 2.61. The highest BCUT2D eigenvalue weighted by Gasteiger charge is 2.15. The Balaban J connectivity index is 2.59. The van der Waals surface area contributed by atoms with Crippen molar-refractivity contribution < 1.29 is 9.90 Å². The zero-order chi connectivity index (χ0) is 10.8. The predicted octanol–water partition coefficient (Wildman–Crippen LogP) is 2.22. The highest BCUT2D eigenvalue weighted by atomic mass is 35.5. The van der Waals surface area contributed by atoms with E-state index in [9.17, 15) is 4.79 Å². The molecule has 0 spiro atoms. The van der Waals surface area contributed by atoms with E-state index in [2.05, 4.69) is 4.98 Å². The van der Waals surface area contributed by atoms with Gasteiger partial charge in [0, 0.05) is 12.4 Å². The van der Waals surface area contributed by atoms with Crippen LogP contribution in [0.3, 0.4) is 0 Å². The van der Waals surface area contributed by atoms with Gasteiger partial charge in [0.25, 0.3) is 0 Å². The molecule has 2 rings (SSSR count). The van der Waals surface area contributed by atoms with Crippen molar-refractivity contribution in [2.45, 2.75) is 0 Å². The van der Waals surface area contributed by atoms with Gasteiger partial charge in [0.2, 0.25) is 0 Å². The monoisotopic (exact) mass is 222 g/mol. The van der Waals surface area contributed by atoms with Crippen LogP contribution < -0.4 is 0 Å². The molecule has 0 aliphatic carbocycles.